The molecule has 4 nitrogen and oxygen atoms in total. The zero-order valence-corrected chi connectivity index (χ0v) is 16.0. The monoisotopic (exact) mass is 406 g/mol. The standard InChI is InChI=1S/C16H21BrClFN2O2/c1-9-14(11-7-10(18)8-12(17)13(11)19)20-5-6-21(9)15(22)23-16(2,3)4/h7-9,14,20H,5-6H2,1-4H3. The van der Waals surface area contributed by atoms with Crippen LogP contribution in [0.5, 0.6) is 0 Å². The molecular weight excluding hydrogens is 387 g/mol. The van der Waals surface area contributed by atoms with E-state index in [9.17, 15) is 9.18 Å². The van der Waals surface area contributed by atoms with Crippen LogP contribution in [0.3, 0.4) is 0 Å². The fourth-order valence-corrected chi connectivity index (χ4v) is 3.48. The first-order chi connectivity index (χ1) is 10.6. The van der Waals surface area contributed by atoms with Gasteiger partial charge in [0, 0.05) is 23.7 Å². The highest BCUT2D eigenvalue weighted by Crippen LogP contribution is 2.32. The lowest BCUT2D eigenvalue weighted by Gasteiger charge is -2.40. The second-order valence-corrected chi connectivity index (χ2v) is 7.93. The minimum absolute atomic E-state index is 0.265. The van der Waals surface area contributed by atoms with E-state index in [1.807, 2.05) is 27.7 Å². The molecule has 1 aliphatic heterocycles. The Balaban J connectivity index is 2.27. The quantitative estimate of drug-likeness (QED) is 0.696. The normalized spacial score (nSPS) is 22.1. The van der Waals surface area contributed by atoms with Gasteiger partial charge in [-0.2, -0.15) is 0 Å². The zero-order valence-electron chi connectivity index (χ0n) is 13.6. The molecule has 2 atom stereocenters. The predicted octanol–water partition coefficient (Wildman–Crippen LogP) is 4.51. The highest BCUT2D eigenvalue weighted by molar-refractivity contribution is 9.10. The maximum atomic E-state index is 14.5. The van der Waals surface area contributed by atoms with Crippen molar-refractivity contribution in [2.24, 2.45) is 0 Å². The summed E-state index contributed by atoms with van der Waals surface area (Å²) < 4.78 is 20.2. The highest BCUT2D eigenvalue weighted by Gasteiger charge is 2.35. The van der Waals surface area contributed by atoms with Crippen LogP contribution in [0.2, 0.25) is 5.02 Å². The SMILES string of the molecule is CC1C(c2cc(Cl)cc(Br)c2F)NCCN1C(=O)OC(C)(C)C. The number of nitrogens with zero attached hydrogens (tertiary/aromatic N) is 1. The third kappa shape index (κ3) is 4.37. The summed E-state index contributed by atoms with van der Waals surface area (Å²) in [6, 6.07) is 2.48. The molecule has 1 N–H and O–H groups in total. The molecule has 0 aromatic heterocycles. The molecular formula is C16H21BrClFN2O2. The number of hydrogen-bond donors (Lipinski definition) is 1. The van der Waals surface area contributed by atoms with E-state index in [4.69, 9.17) is 16.3 Å². The number of carbonyl (C=O) groups is 1. The van der Waals surface area contributed by atoms with Gasteiger partial charge in [0.25, 0.3) is 0 Å². The first-order valence-electron chi connectivity index (χ1n) is 7.47. The van der Waals surface area contributed by atoms with Crippen LogP contribution in [-0.4, -0.2) is 35.7 Å². The number of rotatable bonds is 1. The van der Waals surface area contributed by atoms with Gasteiger partial charge in [0.15, 0.2) is 0 Å². The van der Waals surface area contributed by atoms with Gasteiger partial charge in [0.2, 0.25) is 0 Å². The van der Waals surface area contributed by atoms with Crippen LogP contribution in [0.1, 0.15) is 39.3 Å². The van der Waals surface area contributed by atoms with Crippen molar-refractivity contribution in [3.8, 4) is 0 Å². The van der Waals surface area contributed by atoms with Crippen LogP contribution in [0, 0.1) is 5.82 Å². The molecule has 128 valence electrons. The van der Waals surface area contributed by atoms with Crippen LogP contribution >= 0.6 is 27.5 Å². The molecule has 1 aliphatic rings. The molecule has 23 heavy (non-hydrogen) atoms. The van der Waals surface area contributed by atoms with E-state index in [0.29, 0.717) is 28.1 Å². The van der Waals surface area contributed by atoms with Gasteiger partial charge in [0.05, 0.1) is 16.6 Å². The van der Waals surface area contributed by atoms with Gasteiger partial charge < -0.3 is 15.0 Å². The maximum Gasteiger partial charge on any atom is 0.410 e. The van der Waals surface area contributed by atoms with Crippen molar-refractivity contribution in [1.29, 1.82) is 0 Å². The fourth-order valence-electron chi connectivity index (χ4n) is 2.64. The van der Waals surface area contributed by atoms with Crippen LogP contribution in [0.15, 0.2) is 16.6 Å². The Kier molecular flexibility index (Phi) is 5.59. The van der Waals surface area contributed by atoms with E-state index in [1.165, 1.54) is 6.07 Å². The van der Waals surface area contributed by atoms with Crippen molar-refractivity contribution in [3.05, 3.63) is 33.0 Å². The largest absolute Gasteiger partial charge is 0.444 e. The van der Waals surface area contributed by atoms with Crippen LogP contribution in [0.4, 0.5) is 9.18 Å². The summed E-state index contributed by atoms with van der Waals surface area (Å²) in [5.74, 6) is -0.371. The Morgan fingerprint density at radius 3 is 2.74 bits per heavy atom. The van der Waals surface area contributed by atoms with Gasteiger partial charge in [0.1, 0.15) is 11.4 Å². The minimum Gasteiger partial charge on any atom is -0.444 e. The molecule has 2 rings (SSSR count). The molecule has 1 fully saturated rings. The number of piperazine rings is 1. The minimum atomic E-state index is -0.568. The summed E-state index contributed by atoms with van der Waals surface area (Å²) in [4.78, 5) is 14.0. The molecule has 0 saturated carbocycles. The number of hydrogen-bond acceptors (Lipinski definition) is 3. The Bertz CT molecular complexity index is 606. The zero-order chi connectivity index (χ0) is 17.4. The van der Waals surface area contributed by atoms with E-state index in [0.717, 1.165) is 0 Å². The van der Waals surface area contributed by atoms with Gasteiger partial charge in [-0.3, -0.25) is 0 Å². The number of ether oxygens (including phenoxy) is 1. The molecule has 0 radical (unpaired) electrons. The summed E-state index contributed by atoms with van der Waals surface area (Å²) in [6.07, 6.45) is -0.391. The predicted molar refractivity (Wildman–Crippen MR) is 92.3 cm³/mol. The molecule has 2 unspecified atom stereocenters. The van der Waals surface area contributed by atoms with Crippen LogP contribution < -0.4 is 5.32 Å². The summed E-state index contributed by atoms with van der Waals surface area (Å²) in [7, 11) is 0. The van der Waals surface area contributed by atoms with Gasteiger partial charge in [-0.15, -0.1) is 0 Å². The molecule has 1 heterocycles. The third-order valence-corrected chi connectivity index (χ3v) is 4.47. The molecule has 1 saturated heterocycles. The second kappa shape index (κ2) is 6.95. The van der Waals surface area contributed by atoms with E-state index < -0.39 is 11.7 Å². The molecule has 0 aliphatic carbocycles. The number of amides is 1. The van der Waals surface area contributed by atoms with Crippen molar-refractivity contribution in [2.45, 2.75) is 45.4 Å². The van der Waals surface area contributed by atoms with Gasteiger partial charge in [-0.1, -0.05) is 11.6 Å². The van der Waals surface area contributed by atoms with Gasteiger partial charge in [-0.25, -0.2) is 9.18 Å². The van der Waals surface area contributed by atoms with Crippen molar-refractivity contribution in [3.63, 3.8) is 0 Å². The number of benzene rings is 1. The third-order valence-electron chi connectivity index (χ3n) is 3.68. The second-order valence-electron chi connectivity index (χ2n) is 6.64. The molecule has 1 aromatic rings. The van der Waals surface area contributed by atoms with Gasteiger partial charge >= 0.3 is 6.09 Å². The Hall–Kier alpha value is -0.850. The Morgan fingerprint density at radius 2 is 2.13 bits per heavy atom. The highest BCUT2D eigenvalue weighted by atomic mass is 79.9. The van der Waals surface area contributed by atoms with E-state index in [1.54, 1.807) is 11.0 Å². The fraction of sp³-hybridized carbons (Fsp3) is 0.562. The number of halogens is 3. The van der Waals surface area contributed by atoms with E-state index >= 15 is 0 Å². The Labute approximate surface area is 149 Å². The van der Waals surface area contributed by atoms with Crippen molar-refractivity contribution in [1.82, 2.24) is 10.2 Å². The average molecular weight is 408 g/mol. The summed E-state index contributed by atoms with van der Waals surface area (Å²) in [6.45, 7) is 8.40. The van der Waals surface area contributed by atoms with Gasteiger partial charge in [-0.05, 0) is 55.8 Å². The summed E-state index contributed by atoms with van der Waals surface area (Å²) in [5.41, 5.74) is -0.133. The topological polar surface area (TPSA) is 41.6 Å². The lowest BCUT2D eigenvalue weighted by molar-refractivity contribution is 0.00788. The van der Waals surface area contributed by atoms with Crippen LogP contribution in [-0.2, 0) is 4.74 Å². The van der Waals surface area contributed by atoms with Crippen molar-refractivity contribution in [2.75, 3.05) is 13.1 Å². The van der Waals surface area contributed by atoms with Crippen molar-refractivity contribution < 1.29 is 13.9 Å². The first-order valence-corrected chi connectivity index (χ1v) is 8.64. The summed E-state index contributed by atoms with van der Waals surface area (Å²) in [5, 5.41) is 3.70. The summed E-state index contributed by atoms with van der Waals surface area (Å²) >= 11 is 9.22. The van der Waals surface area contributed by atoms with Crippen molar-refractivity contribution >= 4 is 33.6 Å². The number of nitrogens with one attached hydrogen (secondary N) is 1. The average Bonchev–Trinajstić information content (AvgIpc) is 2.41. The molecule has 1 amide bonds. The van der Waals surface area contributed by atoms with Crippen LogP contribution in [0.25, 0.3) is 0 Å². The molecule has 1 aromatic carbocycles. The lowest BCUT2D eigenvalue weighted by atomic mass is 9.97. The lowest BCUT2D eigenvalue weighted by Crippen LogP contribution is -2.55. The molecule has 0 spiro atoms. The van der Waals surface area contributed by atoms with E-state index in [2.05, 4.69) is 21.2 Å². The number of carbonyl (C=O) groups excluding carboxylic acids is 1. The first kappa shape index (κ1) is 18.5. The maximum absolute atomic E-state index is 14.5. The Morgan fingerprint density at radius 1 is 1.48 bits per heavy atom. The van der Waals surface area contributed by atoms with E-state index in [-0.39, 0.29) is 17.9 Å². The molecule has 0 bridgehead atoms. The molecule has 7 heteroatoms. The smallest absolute Gasteiger partial charge is 0.410 e.